The lowest BCUT2D eigenvalue weighted by atomic mass is 10.2. The van der Waals surface area contributed by atoms with E-state index in [1.165, 1.54) is 4.90 Å². The molecule has 0 aromatic heterocycles. The van der Waals surface area contributed by atoms with Crippen LogP contribution in [0.3, 0.4) is 0 Å². The van der Waals surface area contributed by atoms with Gasteiger partial charge in [-0.2, -0.15) is 5.26 Å². The highest BCUT2D eigenvalue weighted by Gasteiger charge is 2.21. The Morgan fingerprint density at radius 3 is 2.32 bits per heavy atom. The molecule has 0 aliphatic carbocycles. The van der Waals surface area contributed by atoms with Crippen LogP contribution in [0, 0.1) is 18.3 Å². The summed E-state index contributed by atoms with van der Waals surface area (Å²) in [5.41, 5.74) is 1.57. The number of hydrogen-bond donors (Lipinski definition) is 0. The van der Waals surface area contributed by atoms with Crippen molar-refractivity contribution in [1.29, 1.82) is 5.26 Å². The van der Waals surface area contributed by atoms with Crippen molar-refractivity contribution in [3.05, 3.63) is 54.1 Å². The number of hydrogen-bond acceptors (Lipinski definition) is 5. The molecule has 0 heterocycles. The Kier molecular flexibility index (Phi) is 7.59. The Morgan fingerprint density at radius 1 is 1.11 bits per heavy atom. The van der Waals surface area contributed by atoms with Crippen molar-refractivity contribution in [3.63, 3.8) is 0 Å². The molecule has 0 spiro atoms. The monoisotopic (exact) mass is 400 g/mol. The van der Waals surface area contributed by atoms with Gasteiger partial charge in [-0.25, -0.2) is 8.42 Å². The van der Waals surface area contributed by atoms with Gasteiger partial charge in [0.2, 0.25) is 5.91 Å². The summed E-state index contributed by atoms with van der Waals surface area (Å²) in [5, 5.41) is 8.88. The Balaban J connectivity index is 2.12. The molecule has 0 unspecified atom stereocenters. The Morgan fingerprint density at radius 2 is 1.75 bits per heavy atom. The molecule has 2 rings (SSSR count). The van der Waals surface area contributed by atoms with Crippen molar-refractivity contribution in [1.82, 2.24) is 0 Å². The number of nitrogens with zero attached hydrogens (tertiary/aromatic N) is 2. The first-order chi connectivity index (χ1) is 13.4. The summed E-state index contributed by atoms with van der Waals surface area (Å²) in [7, 11) is -3.55. The third kappa shape index (κ3) is 5.83. The average molecular weight is 401 g/mol. The largest absolute Gasteiger partial charge is 0.494 e. The van der Waals surface area contributed by atoms with E-state index in [9.17, 15) is 13.2 Å². The topological polar surface area (TPSA) is 87.5 Å². The van der Waals surface area contributed by atoms with Gasteiger partial charge in [0.1, 0.15) is 5.75 Å². The molecule has 148 valence electrons. The zero-order valence-corrected chi connectivity index (χ0v) is 16.9. The molecule has 0 aliphatic rings. The van der Waals surface area contributed by atoms with Crippen LogP contribution in [0.5, 0.6) is 5.75 Å². The summed E-state index contributed by atoms with van der Waals surface area (Å²) in [6.45, 7) is 4.50. The lowest BCUT2D eigenvalue weighted by Crippen LogP contribution is -2.33. The van der Waals surface area contributed by atoms with Crippen LogP contribution in [0.4, 0.5) is 5.69 Å². The molecule has 0 atom stereocenters. The number of carbonyl (C=O) groups is 1. The lowest BCUT2D eigenvalue weighted by molar-refractivity contribution is -0.118. The maximum Gasteiger partial charge on any atom is 0.228 e. The van der Waals surface area contributed by atoms with Gasteiger partial charge in [-0.05, 0) is 50.2 Å². The molecule has 2 aromatic rings. The van der Waals surface area contributed by atoms with Crippen molar-refractivity contribution in [2.24, 2.45) is 0 Å². The highest BCUT2D eigenvalue weighted by atomic mass is 32.2. The van der Waals surface area contributed by atoms with Crippen LogP contribution < -0.4 is 9.64 Å². The summed E-state index contributed by atoms with van der Waals surface area (Å²) >= 11 is 0. The van der Waals surface area contributed by atoms with Crippen LogP contribution in [0.1, 0.15) is 25.3 Å². The van der Waals surface area contributed by atoms with E-state index in [-0.39, 0.29) is 35.9 Å². The van der Waals surface area contributed by atoms with Gasteiger partial charge < -0.3 is 9.64 Å². The fourth-order valence-corrected chi connectivity index (χ4v) is 3.90. The van der Waals surface area contributed by atoms with Crippen molar-refractivity contribution in [3.8, 4) is 11.8 Å². The number of nitriles is 1. The fourth-order valence-electron chi connectivity index (χ4n) is 2.67. The van der Waals surface area contributed by atoms with Gasteiger partial charge in [0.25, 0.3) is 0 Å². The average Bonchev–Trinajstić information content (AvgIpc) is 2.68. The van der Waals surface area contributed by atoms with E-state index in [0.29, 0.717) is 18.0 Å². The second-order valence-electron chi connectivity index (χ2n) is 6.26. The molecule has 2 aromatic carbocycles. The minimum absolute atomic E-state index is 0.156. The van der Waals surface area contributed by atoms with Crippen LogP contribution >= 0.6 is 0 Å². The molecule has 0 radical (unpaired) electrons. The normalized spacial score (nSPS) is 10.9. The van der Waals surface area contributed by atoms with Crippen LogP contribution in [0.15, 0.2) is 53.4 Å². The fraction of sp³-hybridized carbons (Fsp3) is 0.333. The van der Waals surface area contributed by atoms with Crippen LogP contribution in [-0.2, 0) is 14.6 Å². The van der Waals surface area contributed by atoms with E-state index < -0.39 is 9.84 Å². The number of benzene rings is 2. The quantitative estimate of drug-likeness (QED) is 0.643. The summed E-state index contributed by atoms with van der Waals surface area (Å²) in [6, 6.07) is 15.5. The molecule has 1 amide bonds. The number of aryl methyl sites for hydroxylation is 1. The molecule has 0 fully saturated rings. The van der Waals surface area contributed by atoms with Crippen molar-refractivity contribution in [2.45, 2.75) is 31.6 Å². The number of sulfone groups is 1. The molecular formula is C21H24N2O4S. The molecule has 0 aliphatic heterocycles. The van der Waals surface area contributed by atoms with E-state index in [4.69, 9.17) is 10.00 Å². The second-order valence-corrected chi connectivity index (χ2v) is 8.37. The summed E-state index contributed by atoms with van der Waals surface area (Å²) in [4.78, 5) is 14.4. The highest BCUT2D eigenvalue weighted by Crippen LogP contribution is 2.21. The number of carbonyl (C=O) groups excluding carboxylic acids is 1. The zero-order chi connectivity index (χ0) is 20.6. The summed E-state index contributed by atoms with van der Waals surface area (Å²) in [6.07, 6.45) is -0.00147. The Labute approximate surface area is 166 Å². The maximum atomic E-state index is 12.7. The molecule has 0 bridgehead atoms. The van der Waals surface area contributed by atoms with Gasteiger partial charge >= 0.3 is 0 Å². The molecule has 0 saturated heterocycles. The number of ether oxygens (including phenoxy) is 1. The summed E-state index contributed by atoms with van der Waals surface area (Å²) < 4.78 is 30.4. The number of amides is 1. The van der Waals surface area contributed by atoms with Crippen molar-refractivity contribution < 1.29 is 17.9 Å². The van der Waals surface area contributed by atoms with Gasteiger partial charge in [0.05, 0.1) is 29.7 Å². The first-order valence-corrected chi connectivity index (χ1v) is 10.7. The number of rotatable bonds is 9. The van der Waals surface area contributed by atoms with Crippen LogP contribution in [0.2, 0.25) is 0 Å². The maximum absolute atomic E-state index is 12.7. The van der Waals surface area contributed by atoms with Crippen LogP contribution in [0.25, 0.3) is 0 Å². The standard InChI is InChI=1S/C21H24N2O4S/c1-3-27-19-9-7-18(8-10-19)23(15-4-14-22)21(24)13-16-28(25,26)20-11-5-17(2)6-12-20/h5-12H,3-4,13,15-16H2,1-2H3. The molecule has 0 N–H and O–H groups in total. The zero-order valence-electron chi connectivity index (χ0n) is 16.1. The van der Waals surface area contributed by atoms with Gasteiger partial charge in [-0.1, -0.05) is 17.7 Å². The molecule has 6 nitrogen and oxygen atoms in total. The van der Waals surface area contributed by atoms with E-state index in [2.05, 4.69) is 0 Å². The van der Waals surface area contributed by atoms with E-state index in [0.717, 1.165) is 5.56 Å². The van der Waals surface area contributed by atoms with Crippen LogP contribution in [-0.4, -0.2) is 33.2 Å². The van der Waals surface area contributed by atoms with Gasteiger partial charge in [0.15, 0.2) is 9.84 Å². The third-order valence-electron chi connectivity index (χ3n) is 4.17. The van der Waals surface area contributed by atoms with E-state index in [1.54, 1.807) is 48.5 Å². The minimum atomic E-state index is -3.55. The first-order valence-electron chi connectivity index (χ1n) is 9.07. The van der Waals surface area contributed by atoms with Gasteiger partial charge in [0, 0.05) is 18.7 Å². The predicted octanol–water partition coefficient (Wildman–Crippen LogP) is 3.50. The van der Waals surface area contributed by atoms with Crippen molar-refractivity contribution >= 4 is 21.4 Å². The van der Waals surface area contributed by atoms with Gasteiger partial charge in [-0.15, -0.1) is 0 Å². The molecule has 0 saturated carbocycles. The van der Waals surface area contributed by atoms with Crippen molar-refractivity contribution in [2.75, 3.05) is 23.8 Å². The minimum Gasteiger partial charge on any atom is -0.494 e. The Bertz CT molecular complexity index is 930. The molecule has 7 heteroatoms. The smallest absolute Gasteiger partial charge is 0.228 e. The first kappa shape index (κ1) is 21.5. The number of anilines is 1. The summed E-state index contributed by atoms with van der Waals surface area (Å²) in [5.74, 6) is 0.0607. The molecule has 28 heavy (non-hydrogen) atoms. The lowest BCUT2D eigenvalue weighted by Gasteiger charge is -2.22. The Hall–Kier alpha value is -2.85. The second kappa shape index (κ2) is 9.90. The predicted molar refractivity (Wildman–Crippen MR) is 108 cm³/mol. The van der Waals surface area contributed by atoms with Gasteiger partial charge in [-0.3, -0.25) is 4.79 Å². The molecular weight excluding hydrogens is 376 g/mol. The third-order valence-corrected chi connectivity index (χ3v) is 5.90. The SMILES string of the molecule is CCOc1ccc(N(CCC#N)C(=O)CCS(=O)(=O)c2ccc(C)cc2)cc1. The van der Waals surface area contributed by atoms with E-state index >= 15 is 0 Å². The highest BCUT2D eigenvalue weighted by molar-refractivity contribution is 7.91. The van der Waals surface area contributed by atoms with E-state index in [1.807, 2.05) is 19.9 Å².